The molecule has 1 atom stereocenters. The van der Waals surface area contributed by atoms with Crippen LogP contribution in [-0.4, -0.2) is 69.1 Å². The summed E-state index contributed by atoms with van der Waals surface area (Å²) in [6.07, 6.45) is -0.908. The van der Waals surface area contributed by atoms with E-state index in [4.69, 9.17) is 9.47 Å². The number of rotatable bonds is 9. The third-order valence-electron chi connectivity index (χ3n) is 6.24. The van der Waals surface area contributed by atoms with Crippen molar-refractivity contribution in [2.24, 2.45) is 0 Å². The SMILES string of the molecule is CN(C)S(=O)(=O)N1CC(=O)Oc2ccc(C(O)CNCCOc3ccc4c(c3)[nH]c3ccccc34)cc21. The molecule has 3 aromatic carbocycles. The fraction of sp³-hybridized carbons (Fsp3) is 0.269. The van der Waals surface area contributed by atoms with Crippen LogP contribution in [0.15, 0.2) is 60.7 Å². The maximum absolute atomic E-state index is 12.7. The number of fused-ring (bicyclic) bond motifs is 4. The summed E-state index contributed by atoms with van der Waals surface area (Å²) in [6.45, 7) is 0.676. The van der Waals surface area contributed by atoms with E-state index in [9.17, 15) is 18.3 Å². The molecule has 1 aliphatic rings. The van der Waals surface area contributed by atoms with Gasteiger partial charge in [0.15, 0.2) is 5.75 Å². The number of esters is 1. The smallest absolute Gasteiger partial charge is 0.332 e. The standard InChI is InChI=1S/C26H28N4O6S/c1-29(2)37(33,34)30-16-26(32)36-25-10-7-17(13-23(25)30)24(31)15-27-11-12-35-18-8-9-20-19-5-3-4-6-21(19)28-22(20)14-18/h3-10,13-14,24,27-28,31H,11-12,15-16H2,1-2H3. The Morgan fingerprint density at radius 2 is 1.89 bits per heavy atom. The fourth-order valence-corrected chi connectivity index (χ4v) is 5.36. The van der Waals surface area contributed by atoms with E-state index in [0.717, 1.165) is 30.8 Å². The molecular weight excluding hydrogens is 496 g/mol. The quantitative estimate of drug-likeness (QED) is 0.175. The van der Waals surface area contributed by atoms with Crippen LogP contribution < -0.4 is 19.1 Å². The van der Waals surface area contributed by atoms with Crippen molar-refractivity contribution >= 4 is 43.7 Å². The molecule has 1 aliphatic heterocycles. The Hall–Kier alpha value is -3.64. The van der Waals surface area contributed by atoms with Crippen LogP contribution in [0, 0.1) is 0 Å². The molecule has 194 valence electrons. The second kappa shape index (κ2) is 10.0. The average molecular weight is 525 g/mol. The highest BCUT2D eigenvalue weighted by Gasteiger charge is 2.34. The molecule has 10 nitrogen and oxygen atoms in total. The van der Waals surface area contributed by atoms with Gasteiger partial charge in [0.1, 0.15) is 18.9 Å². The van der Waals surface area contributed by atoms with Gasteiger partial charge in [0.25, 0.3) is 0 Å². The maximum Gasteiger partial charge on any atom is 0.332 e. The second-order valence-corrected chi connectivity index (χ2v) is 11.0. The topological polar surface area (TPSA) is 124 Å². The zero-order valence-corrected chi connectivity index (χ0v) is 21.3. The summed E-state index contributed by atoms with van der Waals surface area (Å²) in [7, 11) is -1.14. The van der Waals surface area contributed by atoms with Crippen LogP contribution in [-0.2, 0) is 15.0 Å². The van der Waals surface area contributed by atoms with E-state index < -0.39 is 28.8 Å². The molecule has 1 aromatic heterocycles. The van der Waals surface area contributed by atoms with Crippen LogP contribution in [0.3, 0.4) is 0 Å². The van der Waals surface area contributed by atoms with Crippen molar-refractivity contribution < 1.29 is 27.8 Å². The highest BCUT2D eigenvalue weighted by Crippen LogP contribution is 2.36. The molecule has 0 bridgehead atoms. The van der Waals surface area contributed by atoms with E-state index >= 15 is 0 Å². The lowest BCUT2D eigenvalue weighted by atomic mass is 10.1. The number of aromatic nitrogens is 1. The maximum atomic E-state index is 12.7. The van der Waals surface area contributed by atoms with Gasteiger partial charge >= 0.3 is 16.2 Å². The third-order valence-corrected chi connectivity index (χ3v) is 8.04. The van der Waals surface area contributed by atoms with Crippen molar-refractivity contribution in [1.29, 1.82) is 0 Å². The number of carbonyl (C=O) groups is 1. The predicted molar refractivity (Wildman–Crippen MR) is 141 cm³/mol. The number of ether oxygens (including phenoxy) is 2. The number of H-pyrrole nitrogens is 1. The van der Waals surface area contributed by atoms with Gasteiger partial charge in [-0.1, -0.05) is 24.3 Å². The third kappa shape index (κ3) is 4.98. The molecule has 0 amide bonds. The second-order valence-electron chi connectivity index (χ2n) is 8.94. The summed E-state index contributed by atoms with van der Waals surface area (Å²) < 4.78 is 38.5. The number of para-hydroxylation sites is 1. The van der Waals surface area contributed by atoms with Crippen molar-refractivity contribution in [3.8, 4) is 11.5 Å². The highest BCUT2D eigenvalue weighted by molar-refractivity contribution is 7.90. The molecule has 0 saturated heterocycles. The minimum Gasteiger partial charge on any atom is -0.492 e. The van der Waals surface area contributed by atoms with Gasteiger partial charge in [-0.05, 0) is 35.9 Å². The number of aliphatic hydroxyl groups is 1. The molecular formula is C26H28N4O6S. The Morgan fingerprint density at radius 1 is 1.11 bits per heavy atom. The molecule has 5 rings (SSSR count). The Kier molecular flexibility index (Phi) is 6.78. The van der Waals surface area contributed by atoms with Crippen molar-refractivity contribution in [2.45, 2.75) is 6.10 Å². The number of aliphatic hydroxyl groups excluding tert-OH is 1. The van der Waals surface area contributed by atoms with Gasteiger partial charge in [-0.2, -0.15) is 12.7 Å². The van der Waals surface area contributed by atoms with Gasteiger partial charge in [0, 0.05) is 49.5 Å². The Morgan fingerprint density at radius 3 is 2.70 bits per heavy atom. The summed E-state index contributed by atoms with van der Waals surface area (Å²) >= 11 is 0. The lowest BCUT2D eigenvalue weighted by molar-refractivity contribution is -0.133. The van der Waals surface area contributed by atoms with Crippen molar-refractivity contribution in [3.05, 3.63) is 66.2 Å². The number of carbonyl (C=O) groups excluding carboxylic acids is 1. The number of benzene rings is 3. The number of nitrogens with one attached hydrogen (secondary N) is 2. The van der Waals surface area contributed by atoms with Crippen molar-refractivity contribution in [3.63, 3.8) is 0 Å². The lowest BCUT2D eigenvalue weighted by Gasteiger charge is -2.31. The minimum atomic E-state index is -3.91. The zero-order valence-electron chi connectivity index (χ0n) is 20.5. The first-order valence-corrected chi connectivity index (χ1v) is 13.2. The summed E-state index contributed by atoms with van der Waals surface area (Å²) in [5, 5.41) is 16.1. The molecule has 0 fully saturated rings. The van der Waals surface area contributed by atoms with Crippen molar-refractivity contribution in [2.75, 3.05) is 44.6 Å². The van der Waals surface area contributed by atoms with Crippen LogP contribution >= 0.6 is 0 Å². The zero-order chi connectivity index (χ0) is 26.2. The number of aromatic amines is 1. The van der Waals surface area contributed by atoms with Gasteiger partial charge in [-0.3, -0.25) is 0 Å². The van der Waals surface area contributed by atoms with E-state index in [1.807, 2.05) is 36.4 Å². The van der Waals surface area contributed by atoms with E-state index in [0.29, 0.717) is 18.7 Å². The normalized spacial score (nSPS) is 14.7. The summed E-state index contributed by atoms with van der Waals surface area (Å²) in [5.41, 5.74) is 2.78. The molecule has 11 heteroatoms. The first-order valence-electron chi connectivity index (χ1n) is 11.8. The first-order chi connectivity index (χ1) is 17.7. The van der Waals surface area contributed by atoms with Crippen molar-refractivity contribution in [1.82, 2.24) is 14.6 Å². The summed E-state index contributed by atoms with van der Waals surface area (Å²) in [5.74, 6) is 0.204. The van der Waals surface area contributed by atoms with Crippen LogP contribution in [0.1, 0.15) is 11.7 Å². The van der Waals surface area contributed by atoms with E-state index in [1.165, 1.54) is 31.6 Å². The van der Waals surface area contributed by atoms with E-state index in [2.05, 4.69) is 16.4 Å². The lowest BCUT2D eigenvalue weighted by Crippen LogP contribution is -2.46. The molecule has 0 radical (unpaired) electrons. The average Bonchev–Trinajstić information content (AvgIpc) is 3.25. The Balaban J connectivity index is 1.18. The van der Waals surface area contributed by atoms with E-state index in [1.54, 1.807) is 6.07 Å². The molecule has 4 aromatic rings. The molecule has 3 N–H and O–H groups in total. The van der Waals surface area contributed by atoms with Gasteiger partial charge in [0.2, 0.25) is 0 Å². The summed E-state index contributed by atoms with van der Waals surface area (Å²) in [6, 6.07) is 18.7. The van der Waals surface area contributed by atoms with Crippen LogP contribution in [0.25, 0.3) is 21.8 Å². The predicted octanol–water partition coefficient (Wildman–Crippen LogP) is 2.55. The van der Waals surface area contributed by atoms with E-state index in [-0.39, 0.29) is 18.0 Å². The molecule has 1 unspecified atom stereocenters. The largest absolute Gasteiger partial charge is 0.492 e. The number of hydrogen-bond acceptors (Lipinski definition) is 7. The molecule has 37 heavy (non-hydrogen) atoms. The molecule has 0 spiro atoms. The molecule has 0 aliphatic carbocycles. The Bertz CT molecular complexity index is 1570. The first kappa shape index (κ1) is 25.0. The minimum absolute atomic E-state index is 0.130. The van der Waals surface area contributed by atoms with Gasteiger partial charge in [0.05, 0.1) is 17.3 Å². The van der Waals surface area contributed by atoms with Crippen LogP contribution in [0.5, 0.6) is 11.5 Å². The number of hydrogen-bond donors (Lipinski definition) is 3. The van der Waals surface area contributed by atoms with Gasteiger partial charge < -0.3 is 24.9 Å². The number of nitrogens with zero attached hydrogens (tertiary/aromatic N) is 2. The summed E-state index contributed by atoms with van der Waals surface area (Å²) in [4.78, 5) is 15.3. The monoisotopic (exact) mass is 524 g/mol. The molecule has 2 heterocycles. The van der Waals surface area contributed by atoms with Gasteiger partial charge in [-0.15, -0.1) is 0 Å². The Labute approximate surface area is 214 Å². The fourth-order valence-electron chi connectivity index (χ4n) is 4.30. The number of anilines is 1. The highest BCUT2D eigenvalue weighted by atomic mass is 32.2. The van der Waals surface area contributed by atoms with Crippen LogP contribution in [0.4, 0.5) is 5.69 Å². The molecule has 0 saturated carbocycles. The van der Waals surface area contributed by atoms with Gasteiger partial charge in [-0.25, -0.2) is 9.10 Å². The van der Waals surface area contributed by atoms with Crippen LogP contribution in [0.2, 0.25) is 0 Å².